The van der Waals surface area contributed by atoms with Crippen LogP contribution in [0.25, 0.3) is 0 Å². The van der Waals surface area contributed by atoms with Gasteiger partial charge >= 0.3 is 6.01 Å². The molecular weight excluding hydrogens is 206 g/mol. The van der Waals surface area contributed by atoms with Crippen molar-refractivity contribution in [2.24, 2.45) is 5.73 Å². The van der Waals surface area contributed by atoms with Gasteiger partial charge in [-0.2, -0.15) is 4.98 Å². The monoisotopic (exact) mass is 217 g/mol. The van der Waals surface area contributed by atoms with Crippen LogP contribution in [0.3, 0.4) is 0 Å². The number of benzene rings is 1. The fraction of sp³-hybridized carbons (Fsp3) is 0.0909. The van der Waals surface area contributed by atoms with Crippen LogP contribution in [0.15, 0.2) is 41.0 Å². The lowest BCUT2D eigenvalue weighted by molar-refractivity contribution is 0.102. The van der Waals surface area contributed by atoms with Gasteiger partial charge in [0.1, 0.15) is 6.26 Å². The predicted molar refractivity (Wildman–Crippen MR) is 58.8 cm³/mol. The van der Waals surface area contributed by atoms with Crippen molar-refractivity contribution in [3.8, 4) is 0 Å². The smallest absolute Gasteiger partial charge is 0.301 e. The zero-order valence-corrected chi connectivity index (χ0v) is 8.51. The molecule has 0 aliphatic rings. The minimum absolute atomic E-state index is 0.161. The molecule has 0 saturated heterocycles. The van der Waals surface area contributed by atoms with Crippen molar-refractivity contribution in [3.63, 3.8) is 0 Å². The summed E-state index contributed by atoms with van der Waals surface area (Å²) < 4.78 is 5.02. The number of nitrogens with zero attached hydrogens (tertiary/aromatic N) is 1. The van der Waals surface area contributed by atoms with Crippen molar-refractivity contribution in [1.29, 1.82) is 0 Å². The van der Waals surface area contributed by atoms with Crippen LogP contribution in [0.1, 0.15) is 16.1 Å². The molecule has 0 saturated carbocycles. The predicted octanol–water partition coefficient (Wildman–Crippen LogP) is 1.39. The van der Waals surface area contributed by atoms with Crippen molar-refractivity contribution in [3.05, 3.63) is 47.9 Å². The highest BCUT2D eigenvalue weighted by atomic mass is 16.4. The molecule has 2 aromatic rings. The Kier molecular flexibility index (Phi) is 2.98. The van der Waals surface area contributed by atoms with Crippen molar-refractivity contribution in [2.75, 3.05) is 5.32 Å². The second-order valence-corrected chi connectivity index (χ2v) is 3.17. The van der Waals surface area contributed by atoms with Crippen molar-refractivity contribution in [1.82, 2.24) is 4.98 Å². The summed E-state index contributed by atoms with van der Waals surface area (Å²) in [6.45, 7) is 0.282. The number of nitrogens with one attached hydrogen (secondary N) is 1. The van der Waals surface area contributed by atoms with Crippen LogP contribution in [0.2, 0.25) is 0 Å². The van der Waals surface area contributed by atoms with Crippen LogP contribution in [0.5, 0.6) is 0 Å². The maximum atomic E-state index is 11.7. The third kappa shape index (κ3) is 2.26. The summed E-state index contributed by atoms with van der Waals surface area (Å²) >= 11 is 0. The molecule has 1 aromatic heterocycles. The summed E-state index contributed by atoms with van der Waals surface area (Å²) in [6, 6.07) is 9.00. The number of anilines is 1. The van der Waals surface area contributed by atoms with E-state index in [1.807, 2.05) is 6.07 Å². The number of nitrogens with two attached hydrogens (primary N) is 1. The number of amides is 1. The minimum atomic E-state index is -0.258. The van der Waals surface area contributed by atoms with E-state index in [2.05, 4.69) is 10.3 Å². The maximum Gasteiger partial charge on any atom is 0.301 e. The molecule has 1 heterocycles. The summed E-state index contributed by atoms with van der Waals surface area (Å²) in [5, 5.41) is 2.54. The molecule has 5 nitrogen and oxygen atoms in total. The Hall–Kier alpha value is -2.14. The van der Waals surface area contributed by atoms with E-state index in [9.17, 15) is 4.79 Å². The Labute approximate surface area is 92.3 Å². The number of rotatable bonds is 3. The van der Waals surface area contributed by atoms with E-state index in [1.165, 1.54) is 6.26 Å². The Balaban J connectivity index is 2.08. The molecule has 0 unspecified atom stereocenters. The Morgan fingerprint density at radius 2 is 2.12 bits per heavy atom. The molecule has 3 N–H and O–H groups in total. The zero-order chi connectivity index (χ0) is 11.4. The first-order valence-corrected chi connectivity index (χ1v) is 4.80. The molecule has 5 heteroatoms. The van der Waals surface area contributed by atoms with Crippen LogP contribution in [0, 0.1) is 0 Å². The molecule has 2 rings (SSSR count). The number of oxazole rings is 1. The van der Waals surface area contributed by atoms with Gasteiger partial charge in [0.15, 0.2) is 0 Å². The van der Waals surface area contributed by atoms with E-state index in [-0.39, 0.29) is 18.5 Å². The second kappa shape index (κ2) is 4.59. The zero-order valence-electron chi connectivity index (χ0n) is 8.51. The number of aromatic nitrogens is 1. The van der Waals surface area contributed by atoms with Gasteiger partial charge in [-0.05, 0) is 12.1 Å². The second-order valence-electron chi connectivity index (χ2n) is 3.17. The third-order valence-electron chi connectivity index (χ3n) is 2.02. The average Bonchev–Trinajstić information content (AvgIpc) is 2.78. The van der Waals surface area contributed by atoms with Gasteiger partial charge in [0.2, 0.25) is 0 Å². The summed E-state index contributed by atoms with van der Waals surface area (Å²) in [6.07, 6.45) is 1.42. The first-order chi connectivity index (χ1) is 7.79. The number of hydrogen-bond acceptors (Lipinski definition) is 4. The molecule has 0 aliphatic carbocycles. The SMILES string of the molecule is NCc1coc(NC(=O)c2ccccc2)n1. The van der Waals surface area contributed by atoms with Crippen LogP contribution < -0.4 is 11.1 Å². The van der Waals surface area contributed by atoms with E-state index in [1.54, 1.807) is 24.3 Å². The lowest BCUT2D eigenvalue weighted by atomic mass is 10.2. The topological polar surface area (TPSA) is 81.1 Å². The van der Waals surface area contributed by atoms with Gasteiger partial charge in [0.25, 0.3) is 5.91 Å². The highest BCUT2D eigenvalue weighted by Gasteiger charge is 2.08. The molecule has 82 valence electrons. The van der Waals surface area contributed by atoms with Crippen LogP contribution in [0.4, 0.5) is 6.01 Å². The normalized spacial score (nSPS) is 10.1. The summed E-state index contributed by atoms with van der Waals surface area (Å²) in [7, 11) is 0. The molecule has 0 radical (unpaired) electrons. The molecule has 0 spiro atoms. The molecule has 0 aliphatic heterocycles. The van der Waals surface area contributed by atoms with Crippen molar-refractivity contribution >= 4 is 11.9 Å². The molecular formula is C11H11N3O2. The fourth-order valence-corrected chi connectivity index (χ4v) is 1.22. The van der Waals surface area contributed by atoms with Gasteiger partial charge in [0.05, 0.1) is 5.69 Å². The Morgan fingerprint density at radius 3 is 2.75 bits per heavy atom. The highest BCUT2D eigenvalue weighted by molar-refractivity contribution is 6.03. The maximum absolute atomic E-state index is 11.7. The largest absolute Gasteiger partial charge is 0.432 e. The Morgan fingerprint density at radius 1 is 1.38 bits per heavy atom. The summed E-state index contributed by atoms with van der Waals surface area (Å²) in [4.78, 5) is 15.6. The van der Waals surface area contributed by atoms with Gasteiger partial charge in [0, 0.05) is 12.1 Å². The van der Waals surface area contributed by atoms with E-state index in [4.69, 9.17) is 10.2 Å². The number of hydrogen-bond donors (Lipinski definition) is 2. The molecule has 16 heavy (non-hydrogen) atoms. The molecule has 0 atom stereocenters. The summed E-state index contributed by atoms with van der Waals surface area (Å²) in [5.41, 5.74) is 6.52. The number of carbonyl (C=O) groups excluding carboxylic acids is 1. The molecule has 1 aromatic carbocycles. The van der Waals surface area contributed by atoms with Crippen LogP contribution in [-0.4, -0.2) is 10.9 Å². The Bertz CT molecular complexity index is 479. The minimum Gasteiger partial charge on any atom is -0.432 e. The average molecular weight is 217 g/mol. The van der Waals surface area contributed by atoms with Crippen molar-refractivity contribution in [2.45, 2.75) is 6.54 Å². The standard InChI is InChI=1S/C11H11N3O2/c12-6-9-7-16-11(13-9)14-10(15)8-4-2-1-3-5-8/h1-5,7H,6,12H2,(H,13,14,15). The first-order valence-electron chi connectivity index (χ1n) is 4.80. The lowest BCUT2D eigenvalue weighted by Gasteiger charge is -1.99. The van der Waals surface area contributed by atoms with E-state index >= 15 is 0 Å². The van der Waals surface area contributed by atoms with Crippen LogP contribution in [-0.2, 0) is 6.54 Å². The van der Waals surface area contributed by atoms with Crippen LogP contribution >= 0.6 is 0 Å². The van der Waals surface area contributed by atoms with Crippen molar-refractivity contribution < 1.29 is 9.21 Å². The summed E-state index contributed by atoms with van der Waals surface area (Å²) in [5.74, 6) is -0.258. The van der Waals surface area contributed by atoms with E-state index < -0.39 is 0 Å². The van der Waals surface area contributed by atoms with Gasteiger partial charge < -0.3 is 10.2 Å². The lowest BCUT2D eigenvalue weighted by Crippen LogP contribution is -2.12. The van der Waals surface area contributed by atoms with Gasteiger partial charge in [-0.1, -0.05) is 18.2 Å². The van der Waals surface area contributed by atoms with Gasteiger partial charge in [-0.25, -0.2) is 0 Å². The van der Waals surface area contributed by atoms with E-state index in [0.717, 1.165) is 0 Å². The quantitative estimate of drug-likeness (QED) is 0.813. The van der Waals surface area contributed by atoms with E-state index in [0.29, 0.717) is 11.3 Å². The van der Waals surface area contributed by atoms with Gasteiger partial charge in [-0.3, -0.25) is 10.1 Å². The molecule has 1 amide bonds. The first kappa shape index (κ1) is 10.4. The molecule has 0 bridgehead atoms. The highest BCUT2D eigenvalue weighted by Crippen LogP contribution is 2.09. The van der Waals surface area contributed by atoms with Gasteiger partial charge in [-0.15, -0.1) is 0 Å². The number of carbonyl (C=O) groups is 1. The third-order valence-corrected chi connectivity index (χ3v) is 2.02. The fourth-order valence-electron chi connectivity index (χ4n) is 1.22. The molecule has 0 fully saturated rings.